The second kappa shape index (κ2) is 8.34. The summed E-state index contributed by atoms with van der Waals surface area (Å²) in [5.74, 6) is 0.342. The molecular formula is C14H19IO3. The van der Waals surface area contributed by atoms with Crippen molar-refractivity contribution >= 4 is 28.7 Å². The van der Waals surface area contributed by atoms with Crippen LogP contribution in [0.25, 0.3) is 0 Å². The molecule has 1 rings (SSSR count). The van der Waals surface area contributed by atoms with Crippen LogP contribution in [0.15, 0.2) is 24.3 Å². The molecule has 0 amide bonds. The molecule has 0 saturated carbocycles. The fourth-order valence-corrected chi connectivity index (χ4v) is 1.98. The summed E-state index contributed by atoms with van der Waals surface area (Å²) in [4.78, 5) is 11.1. The lowest BCUT2D eigenvalue weighted by Crippen LogP contribution is -2.16. The van der Waals surface area contributed by atoms with Crippen molar-refractivity contribution in [1.82, 2.24) is 0 Å². The second-order valence-electron chi connectivity index (χ2n) is 4.10. The Morgan fingerprint density at radius 3 is 2.44 bits per heavy atom. The molecule has 0 aliphatic heterocycles. The van der Waals surface area contributed by atoms with Crippen molar-refractivity contribution in [2.45, 2.75) is 26.7 Å². The van der Waals surface area contributed by atoms with Gasteiger partial charge >= 0.3 is 6.16 Å². The summed E-state index contributed by atoms with van der Waals surface area (Å²) >= 11 is 2.29. The molecule has 100 valence electrons. The van der Waals surface area contributed by atoms with Gasteiger partial charge in [0.05, 0.1) is 13.2 Å². The molecule has 0 aliphatic carbocycles. The Morgan fingerprint density at radius 1 is 1.22 bits per heavy atom. The van der Waals surface area contributed by atoms with Crippen LogP contribution in [-0.2, 0) is 15.9 Å². The van der Waals surface area contributed by atoms with E-state index in [1.54, 1.807) is 6.92 Å². The highest BCUT2D eigenvalue weighted by atomic mass is 127. The van der Waals surface area contributed by atoms with Gasteiger partial charge in [-0.15, -0.1) is 0 Å². The number of carbonyl (C=O) groups excluding carboxylic acids is 1. The maximum absolute atomic E-state index is 11.1. The predicted octanol–water partition coefficient (Wildman–Crippen LogP) is 4.03. The molecule has 4 heteroatoms. The van der Waals surface area contributed by atoms with Gasteiger partial charge in [-0.05, 0) is 66.0 Å². The standard InChI is InChI=1S/C14H19IO3/c1-3-11(10-18-14(16)17-4-2)9-12-5-7-13(15)8-6-12/h5-8,11H,3-4,9-10H2,1-2H3/t11-/m1/s1. The molecule has 0 fully saturated rings. The minimum atomic E-state index is -0.571. The molecule has 0 bridgehead atoms. The summed E-state index contributed by atoms with van der Waals surface area (Å²) < 4.78 is 11.0. The highest BCUT2D eigenvalue weighted by Crippen LogP contribution is 2.14. The fraction of sp³-hybridized carbons (Fsp3) is 0.500. The first-order valence-electron chi connectivity index (χ1n) is 6.19. The van der Waals surface area contributed by atoms with Crippen LogP contribution in [0.5, 0.6) is 0 Å². The van der Waals surface area contributed by atoms with Crippen LogP contribution in [0.4, 0.5) is 4.79 Å². The van der Waals surface area contributed by atoms with E-state index in [0.29, 0.717) is 19.1 Å². The Balaban J connectivity index is 2.42. The number of rotatable bonds is 6. The second-order valence-corrected chi connectivity index (χ2v) is 5.34. The largest absolute Gasteiger partial charge is 0.508 e. The lowest BCUT2D eigenvalue weighted by atomic mass is 9.98. The van der Waals surface area contributed by atoms with Crippen LogP contribution >= 0.6 is 22.6 Å². The van der Waals surface area contributed by atoms with Crippen molar-refractivity contribution in [3.8, 4) is 0 Å². The van der Waals surface area contributed by atoms with Gasteiger partial charge < -0.3 is 9.47 Å². The summed E-state index contributed by atoms with van der Waals surface area (Å²) in [5, 5.41) is 0. The molecule has 0 aliphatic rings. The maximum atomic E-state index is 11.1. The van der Waals surface area contributed by atoms with Gasteiger partial charge in [0, 0.05) is 3.57 Å². The van der Waals surface area contributed by atoms with Crippen molar-refractivity contribution in [2.75, 3.05) is 13.2 Å². The Hall–Kier alpha value is -0.780. The molecule has 0 N–H and O–H groups in total. The smallest absolute Gasteiger partial charge is 0.435 e. The number of benzene rings is 1. The van der Waals surface area contributed by atoms with Crippen molar-refractivity contribution in [3.05, 3.63) is 33.4 Å². The lowest BCUT2D eigenvalue weighted by Gasteiger charge is -2.15. The molecule has 18 heavy (non-hydrogen) atoms. The first-order chi connectivity index (χ1) is 8.65. The number of carbonyl (C=O) groups is 1. The Bertz CT molecular complexity index is 362. The number of hydrogen-bond acceptors (Lipinski definition) is 3. The van der Waals surface area contributed by atoms with E-state index in [1.807, 2.05) is 0 Å². The van der Waals surface area contributed by atoms with Crippen LogP contribution in [0.1, 0.15) is 25.8 Å². The molecule has 0 radical (unpaired) electrons. The van der Waals surface area contributed by atoms with Crippen LogP contribution in [-0.4, -0.2) is 19.4 Å². The third-order valence-corrected chi connectivity index (χ3v) is 3.43. The van der Waals surface area contributed by atoms with Crippen LogP contribution in [0.2, 0.25) is 0 Å². The van der Waals surface area contributed by atoms with E-state index in [9.17, 15) is 4.79 Å². The van der Waals surface area contributed by atoms with E-state index >= 15 is 0 Å². The summed E-state index contributed by atoms with van der Waals surface area (Å²) in [6.45, 7) is 4.64. The molecule has 1 aromatic rings. The lowest BCUT2D eigenvalue weighted by molar-refractivity contribution is 0.0471. The van der Waals surface area contributed by atoms with Gasteiger partial charge in [0.25, 0.3) is 0 Å². The van der Waals surface area contributed by atoms with Gasteiger partial charge in [-0.2, -0.15) is 0 Å². The molecule has 3 nitrogen and oxygen atoms in total. The average molecular weight is 362 g/mol. The molecule has 0 unspecified atom stereocenters. The van der Waals surface area contributed by atoms with Crippen molar-refractivity contribution in [1.29, 1.82) is 0 Å². The summed E-state index contributed by atoms with van der Waals surface area (Å²) in [5.41, 5.74) is 1.27. The van der Waals surface area contributed by atoms with Crippen molar-refractivity contribution in [3.63, 3.8) is 0 Å². The zero-order valence-electron chi connectivity index (χ0n) is 10.8. The predicted molar refractivity (Wildman–Crippen MR) is 79.6 cm³/mol. The summed E-state index contributed by atoms with van der Waals surface area (Å²) in [6, 6.07) is 8.42. The highest BCUT2D eigenvalue weighted by molar-refractivity contribution is 14.1. The van der Waals surface area contributed by atoms with Crippen molar-refractivity contribution < 1.29 is 14.3 Å². The van der Waals surface area contributed by atoms with Crippen molar-refractivity contribution in [2.24, 2.45) is 5.92 Å². The number of halogens is 1. The molecule has 1 aromatic carbocycles. The van der Waals surface area contributed by atoms with E-state index in [0.717, 1.165) is 12.8 Å². The first kappa shape index (κ1) is 15.3. The van der Waals surface area contributed by atoms with Gasteiger partial charge in [-0.3, -0.25) is 0 Å². The zero-order valence-corrected chi connectivity index (χ0v) is 13.0. The zero-order chi connectivity index (χ0) is 13.4. The molecule has 0 heterocycles. The van der Waals surface area contributed by atoms with E-state index in [-0.39, 0.29) is 0 Å². The molecule has 1 atom stereocenters. The normalized spacial score (nSPS) is 11.9. The number of hydrogen-bond donors (Lipinski definition) is 0. The number of ether oxygens (including phenoxy) is 2. The minimum absolute atomic E-state index is 0.342. The van der Waals surface area contributed by atoms with Crippen LogP contribution in [0, 0.1) is 9.49 Å². The monoisotopic (exact) mass is 362 g/mol. The fourth-order valence-electron chi connectivity index (χ4n) is 1.62. The minimum Gasteiger partial charge on any atom is -0.435 e. The van der Waals surface area contributed by atoms with E-state index in [4.69, 9.17) is 9.47 Å². The van der Waals surface area contributed by atoms with Gasteiger partial charge in [-0.1, -0.05) is 19.1 Å². The molecule has 0 spiro atoms. The first-order valence-corrected chi connectivity index (χ1v) is 7.27. The van der Waals surface area contributed by atoms with Gasteiger partial charge in [-0.25, -0.2) is 4.79 Å². The molecule has 0 saturated heterocycles. The third kappa shape index (κ3) is 5.71. The Morgan fingerprint density at radius 2 is 1.89 bits per heavy atom. The van der Waals surface area contributed by atoms with Gasteiger partial charge in [0.2, 0.25) is 0 Å². The van der Waals surface area contributed by atoms with E-state index in [2.05, 4.69) is 53.8 Å². The van der Waals surface area contributed by atoms with Gasteiger partial charge in [0.15, 0.2) is 0 Å². The average Bonchev–Trinajstić information content (AvgIpc) is 2.37. The highest BCUT2D eigenvalue weighted by Gasteiger charge is 2.11. The quantitative estimate of drug-likeness (QED) is 0.566. The van der Waals surface area contributed by atoms with E-state index in [1.165, 1.54) is 9.13 Å². The van der Waals surface area contributed by atoms with Crippen LogP contribution in [0.3, 0.4) is 0 Å². The summed E-state index contributed by atoms with van der Waals surface area (Å²) in [7, 11) is 0. The Kier molecular flexibility index (Phi) is 7.08. The summed E-state index contributed by atoms with van der Waals surface area (Å²) in [6.07, 6.45) is 1.33. The maximum Gasteiger partial charge on any atom is 0.508 e. The van der Waals surface area contributed by atoms with Crippen LogP contribution < -0.4 is 0 Å². The molecular weight excluding hydrogens is 343 g/mol. The van der Waals surface area contributed by atoms with Gasteiger partial charge in [0.1, 0.15) is 0 Å². The Labute approximate surface area is 122 Å². The van der Waals surface area contributed by atoms with E-state index < -0.39 is 6.16 Å². The topological polar surface area (TPSA) is 35.5 Å². The third-order valence-electron chi connectivity index (χ3n) is 2.71. The SMILES string of the molecule is CCOC(=O)OC[C@H](CC)Cc1ccc(I)cc1. The molecule has 0 aromatic heterocycles.